The van der Waals surface area contributed by atoms with Gasteiger partial charge in [0, 0.05) is 12.6 Å². The van der Waals surface area contributed by atoms with E-state index in [1.165, 1.54) is 10.5 Å². The quantitative estimate of drug-likeness (QED) is 0.742. The molecule has 2 aromatic rings. The number of nitrogens with one attached hydrogen (secondary N) is 1. The molecule has 1 fully saturated rings. The van der Waals surface area contributed by atoms with Crippen molar-refractivity contribution < 1.29 is 19.5 Å². The van der Waals surface area contributed by atoms with E-state index in [4.69, 9.17) is 5.11 Å². The number of piperidine rings is 1. The number of carboxylic acid groups (broad SMARTS) is 1. The van der Waals surface area contributed by atoms with Gasteiger partial charge in [0.1, 0.15) is 11.4 Å². The monoisotopic (exact) mass is 274 g/mol. The van der Waals surface area contributed by atoms with Gasteiger partial charge in [-0.1, -0.05) is 0 Å². The van der Waals surface area contributed by atoms with Crippen LogP contribution < -0.4 is 5.32 Å². The second-order valence-electron chi connectivity index (χ2n) is 4.48. The molecule has 8 heteroatoms. The highest BCUT2D eigenvalue weighted by Gasteiger charge is 2.32. The minimum absolute atomic E-state index is 0.0125. The predicted octanol–water partition coefficient (Wildman–Crippen LogP) is -0.0523. The number of carbonyl (C=O) groups excluding carboxylic acids is 2. The fourth-order valence-electron chi connectivity index (χ4n) is 2.28. The molecule has 1 atom stereocenters. The minimum atomic E-state index is -1.11. The molecule has 0 aliphatic carbocycles. The van der Waals surface area contributed by atoms with Crippen LogP contribution in [0.1, 0.15) is 34.9 Å². The van der Waals surface area contributed by atoms with E-state index < -0.39 is 17.8 Å². The number of fused-ring (bicyclic) bond motifs is 1. The Kier molecular flexibility index (Phi) is 2.70. The standard InChI is InChI=1S/C12H10N4O4/c17-8-4-3-6(11(18)13-8)9-14-15-10-7(12(19)20)2-1-5-16(9)10/h1-2,5-6H,3-4H2,(H,19,20)(H,13,17,18). The van der Waals surface area contributed by atoms with Crippen LogP contribution in [0.15, 0.2) is 18.3 Å². The van der Waals surface area contributed by atoms with E-state index >= 15 is 0 Å². The molecule has 102 valence electrons. The highest BCUT2D eigenvalue weighted by atomic mass is 16.4. The Morgan fingerprint density at radius 1 is 1.40 bits per heavy atom. The van der Waals surface area contributed by atoms with Crippen LogP contribution in [0.2, 0.25) is 0 Å². The SMILES string of the molecule is O=C1CCC(c2nnc3c(C(=O)O)cccn23)C(=O)N1. The van der Waals surface area contributed by atoms with Crippen LogP contribution in [0.5, 0.6) is 0 Å². The zero-order chi connectivity index (χ0) is 14.3. The molecule has 0 bridgehead atoms. The van der Waals surface area contributed by atoms with E-state index in [0.29, 0.717) is 12.2 Å². The van der Waals surface area contributed by atoms with Crippen LogP contribution in [-0.2, 0) is 9.59 Å². The zero-order valence-electron chi connectivity index (χ0n) is 10.2. The largest absolute Gasteiger partial charge is 0.478 e. The second-order valence-corrected chi connectivity index (χ2v) is 4.48. The number of hydrogen-bond acceptors (Lipinski definition) is 5. The number of pyridine rings is 1. The maximum absolute atomic E-state index is 11.8. The first-order chi connectivity index (χ1) is 9.58. The van der Waals surface area contributed by atoms with E-state index in [-0.39, 0.29) is 23.5 Å². The average molecular weight is 274 g/mol. The maximum Gasteiger partial charge on any atom is 0.339 e. The van der Waals surface area contributed by atoms with Crippen molar-refractivity contribution in [1.82, 2.24) is 19.9 Å². The molecular weight excluding hydrogens is 264 g/mol. The van der Waals surface area contributed by atoms with Crippen molar-refractivity contribution >= 4 is 23.4 Å². The van der Waals surface area contributed by atoms with Crippen LogP contribution >= 0.6 is 0 Å². The van der Waals surface area contributed by atoms with Crippen LogP contribution in [0.4, 0.5) is 0 Å². The fourth-order valence-corrected chi connectivity index (χ4v) is 2.28. The number of aromatic carboxylic acids is 1. The summed E-state index contributed by atoms with van der Waals surface area (Å²) in [6, 6.07) is 2.97. The Bertz CT molecular complexity index is 736. The molecule has 0 spiro atoms. The van der Waals surface area contributed by atoms with Gasteiger partial charge in [-0.25, -0.2) is 4.79 Å². The summed E-state index contributed by atoms with van der Waals surface area (Å²) in [7, 11) is 0. The summed E-state index contributed by atoms with van der Waals surface area (Å²) in [5, 5.41) is 19.1. The molecule has 0 radical (unpaired) electrons. The number of amides is 2. The molecule has 1 unspecified atom stereocenters. The summed E-state index contributed by atoms with van der Waals surface area (Å²) in [5.74, 6) is -2.12. The molecule has 2 N–H and O–H groups in total. The summed E-state index contributed by atoms with van der Waals surface area (Å²) in [4.78, 5) is 34.1. The Labute approximate surface area is 112 Å². The van der Waals surface area contributed by atoms with Gasteiger partial charge in [0.2, 0.25) is 11.8 Å². The van der Waals surface area contributed by atoms with Gasteiger partial charge in [-0.15, -0.1) is 10.2 Å². The first-order valence-electron chi connectivity index (χ1n) is 5.98. The summed E-state index contributed by atoms with van der Waals surface area (Å²) < 4.78 is 1.48. The van der Waals surface area contributed by atoms with Gasteiger partial charge in [-0.05, 0) is 18.6 Å². The van der Waals surface area contributed by atoms with Gasteiger partial charge in [-0.3, -0.25) is 19.3 Å². The third-order valence-electron chi connectivity index (χ3n) is 3.24. The molecule has 0 saturated carbocycles. The smallest absolute Gasteiger partial charge is 0.339 e. The van der Waals surface area contributed by atoms with Crippen LogP contribution in [0, 0.1) is 0 Å². The van der Waals surface area contributed by atoms with Gasteiger partial charge >= 0.3 is 5.97 Å². The molecule has 2 aromatic heterocycles. The molecular formula is C12H10N4O4. The Hall–Kier alpha value is -2.77. The van der Waals surface area contributed by atoms with Gasteiger partial charge < -0.3 is 5.11 Å². The molecule has 1 aliphatic rings. The Morgan fingerprint density at radius 2 is 2.20 bits per heavy atom. The molecule has 1 aliphatic heterocycles. The third-order valence-corrected chi connectivity index (χ3v) is 3.24. The average Bonchev–Trinajstić information content (AvgIpc) is 2.82. The fraction of sp³-hybridized carbons (Fsp3) is 0.250. The van der Waals surface area contributed by atoms with Crippen molar-refractivity contribution in [3.63, 3.8) is 0 Å². The summed E-state index contributed by atoms with van der Waals surface area (Å²) >= 11 is 0. The van der Waals surface area contributed by atoms with E-state index in [1.54, 1.807) is 12.3 Å². The van der Waals surface area contributed by atoms with Crippen molar-refractivity contribution in [2.24, 2.45) is 0 Å². The van der Waals surface area contributed by atoms with Crippen LogP contribution in [0.25, 0.3) is 5.65 Å². The van der Waals surface area contributed by atoms with Gasteiger partial charge in [0.25, 0.3) is 0 Å². The van der Waals surface area contributed by atoms with Crippen molar-refractivity contribution in [2.45, 2.75) is 18.8 Å². The summed E-state index contributed by atoms with van der Waals surface area (Å²) in [6.07, 6.45) is 2.16. The van der Waals surface area contributed by atoms with Crippen molar-refractivity contribution in [1.29, 1.82) is 0 Å². The zero-order valence-corrected chi connectivity index (χ0v) is 10.2. The predicted molar refractivity (Wildman–Crippen MR) is 65.1 cm³/mol. The highest BCUT2D eigenvalue weighted by molar-refractivity contribution is 6.00. The molecule has 8 nitrogen and oxygen atoms in total. The van der Waals surface area contributed by atoms with Crippen LogP contribution in [-0.4, -0.2) is 37.5 Å². The topological polar surface area (TPSA) is 114 Å². The molecule has 3 rings (SSSR count). The van der Waals surface area contributed by atoms with Gasteiger partial charge in [0.15, 0.2) is 5.65 Å². The van der Waals surface area contributed by atoms with Gasteiger partial charge in [-0.2, -0.15) is 0 Å². The lowest BCUT2D eigenvalue weighted by atomic mass is 9.97. The Morgan fingerprint density at radius 3 is 2.90 bits per heavy atom. The first-order valence-corrected chi connectivity index (χ1v) is 5.98. The third kappa shape index (κ3) is 1.81. The number of aromatic nitrogens is 3. The van der Waals surface area contributed by atoms with E-state index in [2.05, 4.69) is 15.5 Å². The first kappa shape index (κ1) is 12.3. The summed E-state index contributed by atoms with van der Waals surface area (Å²) in [5.41, 5.74) is 0.193. The molecule has 2 amide bonds. The highest BCUT2D eigenvalue weighted by Crippen LogP contribution is 2.24. The lowest BCUT2D eigenvalue weighted by Crippen LogP contribution is -2.40. The minimum Gasteiger partial charge on any atom is -0.478 e. The molecule has 0 aromatic carbocycles. The van der Waals surface area contributed by atoms with Crippen molar-refractivity contribution in [3.8, 4) is 0 Å². The van der Waals surface area contributed by atoms with E-state index in [1.807, 2.05) is 0 Å². The second kappa shape index (κ2) is 4.41. The number of nitrogens with zero attached hydrogens (tertiary/aromatic N) is 3. The lowest BCUT2D eigenvalue weighted by Gasteiger charge is -2.19. The van der Waals surface area contributed by atoms with E-state index in [9.17, 15) is 14.4 Å². The number of rotatable bonds is 2. The van der Waals surface area contributed by atoms with Crippen molar-refractivity contribution in [3.05, 3.63) is 29.7 Å². The number of carboxylic acids is 1. The lowest BCUT2D eigenvalue weighted by molar-refractivity contribution is -0.134. The van der Waals surface area contributed by atoms with Crippen LogP contribution in [0.3, 0.4) is 0 Å². The molecule has 3 heterocycles. The maximum atomic E-state index is 11.8. The van der Waals surface area contributed by atoms with Crippen molar-refractivity contribution in [2.75, 3.05) is 0 Å². The summed E-state index contributed by atoms with van der Waals surface area (Å²) in [6.45, 7) is 0. The Balaban J connectivity index is 2.09. The van der Waals surface area contributed by atoms with Gasteiger partial charge in [0.05, 0.1) is 5.92 Å². The molecule has 20 heavy (non-hydrogen) atoms. The number of imide groups is 1. The van der Waals surface area contributed by atoms with E-state index in [0.717, 1.165) is 0 Å². The normalized spacial score (nSPS) is 19.1. The molecule has 1 saturated heterocycles. The number of carbonyl (C=O) groups is 3. The number of hydrogen-bond donors (Lipinski definition) is 2.